The SMILES string of the molecule is Cc1ccc2c(c1)N(CCN1CCC[C@@H](CCN(C)C(=O)N(C)C)C1)CCn1c-2c(C2CCCCC2)c2ccc(C(=O)O)cc21. The van der Waals surface area contributed by atoms with Crippen LogP contribution >= 0.6 is 0 Å². The Hall–Kier alpha value is -3.52. The van der Waals surface area contributed by atoms with Gasteiger partial charge in [-0.2, -0.15) is 0 Å². The fourth-order valence-electron chi connectivity index (χ4n) is 8.18. The molecule has 3 aliphatic rings. The summed E-state index contributed by atoms with van der Waals surface area (Å²) in [6.45, 7) is 8.92. The fourth-order valence-corrected chi connectivity index (χ4v) is 8.18. The van der Waals surface area contributed by atoms with E-state index in [1.54, 1.807) is 11.0 Å². The van der Waals surface area contributed by atoms with Crippen LogP contribution in [0.5, 0.6) is 0 Å². The molecule has 6 rings (SSSR count). The molecule has 1 aliphatic carbocycles. The van der Waals surface area contributed by atoms with Crippen molar-refractivity contribution >= 4 is 28.6 Å². The predicted molar refractivity (Wildman–Crippen MR) is 183 cm³/mol. The second-order valence-electron chi connectivity index (χ2n) is 14.0. The maximum atomic E-state index is 12.3. The van der Waals surface area contributed by atoms with Crippen molar-refractivity contribution in [1.29, 1.82) is 0 Å². The summed E-state index contributed by atoms with van der Waals surface area (Å²) >= 11 is 0. The van der Waals surface area contributed by atoms with E-state index in [1.807, 2.05) is 32.1 Å². The smallest absolute Gasteiger partial charge is 0.335 e. The summed E-state index contributed by atoms with van der Waals surface area (Å²) in [6, 6.07) is 12.8. The zero-order valence-corrected chi connectivity index (χ0v) is 27.7. The average Bonchev–Trinajstić information content (AvgIpc) is 3.28. The Labute approximate surface area is 268 Å². The molecule has 3 heterocycles. The first-order valence-electron chi connectivity index (χ1n) is 17.1. The Morgan fingerprint density at radius 1 is 0.911 bits per heavy atom. The minimum Gasteiger partial charge on any atom is -0.478 e. The normalized spacial score (nSPS) is 19.2. The number of aromatic nitrogens is 1. The van der Waals surface area contributed by atoms with Crippen molar-refractivity contribution in [3.63, 3.8) is 0 Å². The van der Waals surface area contributed by atoms with Crippen LogP contribution in [-0.4, -0.2) is 96.8 Å². The number of rotatable bonds is 8. The molecular weight excluding hydrogens is 562 g/mol. The zero-order chi connectivity index (χ0) is 31.7. The van der Waals surface area contributed by atoms with Crippen LogP contribution in [0.3, 0.4) is 0 Å². The molecule has 1 aromatic heterocycles. The largest absolute Gasteiger partial charge is 0.478 e. The number of nitrogens with zero attached hydrogens (tertiary/aromatic N) is 5. The van der Waals surface area contributed by atoms with E-state index in [9.17, 15) is 14.7 Å². The quantitative estimate of drug-likeness (QED) is 0.299. The number of carboxylic acids is 1. The molecule has 1 saturated heterocycles. The third-order valence-electron chi connectivity index (χ3n) is 10.6. The van der Waals surface area contributed by atoms with Crippen LogP contribution in [0.25, 0.3) is 22.2 Å². The van der Waals surface area contributed by atoms with Crippen LogP contribution in [0.1, 0.15) is 78.8 Å². The van der Waals surface area contributed by atoms with Crippen LogP contribution in [0.4, 0.5) is 10.5 Å². The average molecular weight is 614 g/mol. The number of aromatic carboxylic acids is 1. The van der Waals surface area contributed by atoms with Gasteiger partial charge in [-0.3, -0.25) is 0 Å². The molecule has 8 heteroatoms. The summed E-state index contributed by atoms with van der Waals surface area (Å²) in [7, 11) is 5.53. The van der Waals surface area contributed by atoms with Gasteiger partial charge in [-0.1, -0.05) is 37.5 Å². The summed E-state index contributed by atoms with van der Waals surface area (Å²) in [4.78, 5) is 33.0. The summed E-state index contributed by atoms with van der Waals surface area (Å²) in [6.07, 6.45) is 9.71. The van der Waals surface area contributed by atoms with Gasteiger partial charge in [0.15, 0.2) is 0 Å². The first kappa shape index (κ1) is 31.5. The second-order valence-corrected chi connectivity index (χ2v) is 14.0. The highest BCUT2D eigenvalue weighted by Crippen LogP contribution is 2.47. The van der Waals surface area contributed by atoms with Gasteiger partial charge in [-0.05, 0) is 86.7 Å². The lowest BCUT2D eigenvalue weighted by Gasteiger charge is -2.35. The summed E-state index contributed by atoms with van der Waals surface area (Å²) in [5.74, 6) is 0.253. The maximum absolute atomic E-state index is 12.3. The van der Waals surface area contributed by atoms with Gasteiger partial charge in [0.25, 0.3) is 0 Å². The molecule has 0 unspecified atom stereocenters. The third-order valence-corrected chi connectivity index (χ3v) is 10.6. The molecule has 2 aliphatic heterocycles. The van der Waals surface area contributed by atoms with E-state index in [4.69, 9.17) is 0 Å². The molecule has 2 amide bonds. The molecular formula is C37H51N5O3. The number of fused-ring (bicyclic) bond motifs is 5. The third kappa shape index (κ3) is 6.57. The van der Waals surface area contributed by atoms with Crippen molar-refractivity contribution < 1.29 is 14.7 Å². The van der Waals surface area contributed by atoms with Crippen molar-refractivity contribution in [3.05, 3.63) is 53.1 Å². The minimum absolute atomic E-state index is 0.0712. The van der Waals surface area contributed by atoms with E-state index in [2.05, 4.69) is 45.6 Å². The molecule has 242 valence electrons. The van der Waals surface area contributed by atoms with Gasteiger partial charge in [0.2, 0.25) is 0 Å². The summed E-state index contributed by atoms with van der Waals surface area (Å²) < 4.78 is 2.45. The Bertz CT molecular complexity index is 1540. The Morgan fingerprint density at radius 2 is 1.71 bits per heavy atom. The number of benzene rings is 2. The lowest BCUT2D eigenvalue weighted by Crippen LogP contribution is -2.43. The number of amides is 2. The number of carbonyl (C=O) groups excluding carboxylic acids is 1. The van der Waals surface area contributed by atoms with E-state index in [0.717, 1.165) is 57.8 Å². The van der Waals surface area contributed by atoms with Crippen molar-refractivity contribution in [2.24, 2.45) is 5.92 Å². The lowest BCUT2D eigenvalue weighted by molar-refractivity contribution is 0.0697. The highest BCUT2D eigenvalue weighted by Gasteiger charge is 2.31. The number of anilines is 1. The standard InChI is InChI=1S/C37H51N5O3/c1-26-12-14-31-32(23-26)41(20-19-40-17-8-9-27(25-40)16-18-39(4)37(45)38(2)3)21-22-42-33-24-29(36(43)44)13-15-30(33)34(35(31)42)28-10-6-5-7-11-28/h12-15,23-24,27-28H,5-11,16-22,25H2,1-4H3,(H,43,44)/t27-/m0/s1. The van der Waals surface area contributed by atoms with Gasteiger partial charge in [0.1, 0.15) is 0 Å². The van der Waals surface area contributed by atoms with Crippen LogP contribution < -0.4 is 4.90 Å². The number of hydrogen-bond donors (Lipinski definition) is 1. The molecule has 8 nitrogen and oxygen atoms in total. The van der Waals surface area contributed by atoms with Crippen molar-refractivity contribution in [3.8, 4) is 11.3 Å². The topological polar surface area (TPSA) is 72.3 Å². The van der Waals surface area contributed by atoms with Crippen molar-refractivity contribution in [2.75, 3.05) is 65.3 Å². The number of urea groups is 1. The van der Waals surface area contributed by atoms with Gasteiger partial charge < -0.3 is 29.3 Å². The molecule has 1 N–H and O–H groups in total. The van der Waals surface area contributed by atoms with E-state index in [-0.39, 0.29) is 6.03 Å². The molecule has 0 spiro atoms. The number of hydrogen-bond acceptors (Lipinski definition) is 4. The number of carbonyl (C=O) groups is 2. The van der Waals surface area contributed by atoms with Gasteiger partial charge in [0, 0.05) is 82.6 Å². The van der Waals surface area contributed by atoms with Gasteiger partial charge in [0.05, 0.1) is 11.3 Å². The molecule has 2 aromatic carbocycles. The molecule has 0 radical (unpaired) electrons. The van der Waals surface area contributed by atoms with Crippen LogP contribution in [0.15, 0.2) is 36.4 Å². The van der Waals surface area contributed by atoms with Crippen LogP contribution in [0.2, 0.25) is 0 Å². The fraction of sp³-hybridized carbons (Fsp3) is 0.568. The first-order chi connectivity index (χ1) is 21.7. The van der Waals surface area contributed by atoms with E-state index in [0.29, 0.717) is 17.4 Å². The van der Waals surface area contributed by atoms with Crippen molar-refractivity contribution in [1.82, 2.24) is 19.3 Å². The zero-order valence-electron chi connectivity index (χ0n) is 27.7. The molecule has 1 saturated carbocycles. The van der Waals surface area contributed by atoms with Crippen LogP contribution in [0, 0.1) is 12.8 Å². The van der Waals surface area contributed by atoms with E-state index in [1.165, 1.54) is 78.4 Å². The predicted octanol–water partition coefficient (Wildman–Crippen LogP) is 6.90. The number of aryl methyl sites for hydroxylation is 1. The van der Waals surface area contributed by atoms with Gasteiger partial charge in [-0.25, -0.2) is 9.59 Å². The Morgan fingerprint density at radius 3 is 2.47 bits per heavy atom. The molecule has 3 aromatic rings. The van der Waals surface area contributed by atoms with Gasteiger partial charge >= 0.3 is 12.0 Å². The second kappa shape index (κ2) is 13.5. The van der Waals surface area contributed by atoms with Crippen LogP contribution in [-0.2, 0) is 6.54 Å². The Balaban J connectivity index is 1.26. The maximum Gasteiger partial charge on any atom is 0.335 e. The molecule has 1 atom stereocenters. The molecule has 0 bridgehead atoms. The van der Waals surface area contributed by atoms with Gasteiger partial charge in [-0.15, -0.1) is 0 Å². The number of piperidine rings is 1. The number of carboxylic acid groups (broad SMARTS) is 1. The molecule has 2 fully saturated rings. The minimum atomic E-state index is -0.867. The molecule has 45 heavy (non-hydrogen) atoms. The highest BCUT2D eigenvalue weighted by molar-refractivity contribution is 5.99. The van der Waals surface area contributed by atoms with E-state index < -0.39 is 5.97 Å². The summed E-state index contributed by atoms with van der Waals surface area (Å²) in [5, 5.41) is 11.1. The highest BCUT2D eigenvalue weighted by atomic mass is 16.4. The first-order valence-corrected chi connectivity index (χ1v) is 17.1. The van der Waals surface area contributed by atoms with Crippen molar-refractivity contribution in [2.45, 2.75) is 70.8 Å². The lowest BCUT2D eigenvalue weighted by atomic mass is 9.81. The Kier molecular flexibility index (Phi) is 9.41. The summed E-state index contributed by atoms with van der Waals surface area (Å²) in [5.41, 5.74) is 8.04. The van der Waals surface area contributed by atoms with E-state index >= 15 is 0 Å². The number of likely N-dealkylation sites (tertiary alicyclic amines) is 1. The monoisotopic (exact) mass is 613 g/mol.